The Morgan fingerprint density at radius 1 is 1.37 bits per heavy atom. The predicted octanol–water partition coefficient (Wildman–Crippen LogP) is 2.98. The summed E-state index contributed by atoms with van der Waals surface area (Å²) in [7, 11) is 1.39. The van der Waals surface area contributed by atoms with E-state index in [1.807, 2.05) is 32.0 Å². The standard InChI is InChI=1S/C14H18ClNO3/c1-10(2)9-19-14(17)13(16-18-3)12-7-5-4-6-11(12)8-15/h4-7,10H,8-9H2,1-3H3. The van der Waals surface area contributed by atoms with E-state index in [4.69, 9.17) is 21.2 Å². The zero-order valence-electron chi connectivity index (χ0n) is 11.4. The van der Waals surface area contributed by atoms with E-state index in [-0.39, 0.29) is 17.5 Å². The van der Waals surface area contributed by atoms with E-state index in [1.54, 1.807) is 6.07 Å². The van der Waals surface area contributed by atoms with Crippen molar-refractivity contribution in [2.24, 2.45) is 11.1 Å². The lowest BCUT2D eigenvalue weighted by molar-refractivity contribution is -0.136. The molecule has 0 amide bonds. The highest BCUT2D eigenvalue weighted by Gasteiger charge is 2.19. The first kappa shape index (κ1) is 15.5. The van der Waals surface area contributed by atoms with Crippen LogP contribution in [0, 0.1) is 5.92 Å². The highest BCUT2D eigenvalue weighted by atomic mass is 35.5. The van der Waals surface area contributed by atoms with Crippen LogP contribution in [0.25, 0.3) is 0 Å². The van der Waals surface area contributed by atoms with E-state index in [9.17, 15) is 4.79 Å². The lowest BCUT2D eigenvalue weighted by Gasteiger charge is -2.11. The summed E-state index contributed by atoms with van der Waals surface area (Å²) in [6.45, 7) is 4.27. The normalized spacial score (nSPS) is 11.5. The molecule has 1 rings (SSSR count). The predicted molar refractivity (Wildman–Crippen MR) is 75.3 cm³/mol. The molecule has 0 spiro atoms. The number of hydrogen-bond donors (Lipinski definition) is 0. The zero-order chi connectivity index (χ0) is 14.3. The fraction of sp³-hybridized carbons (Fsp3) is 0.429. The summed E-state index contributed by atoms with van der Waals surface area (Å²) in [5.41, 5.74) is 1.58. The van der Waals surface area contributed by atoms with Gasteiger partial charge in [0.25, 0.3) is 0 Å². The van der Waals surface area contributed by atoms with Crippen molar-refractivity contribution in [1.82, 2.24) is 0 Å². The van der Waals surface area contributed by atoms with Gasteiger partial charge in [0.05, 0.1) is 6.61 Å². The van der Waals surface area contributed by atoms with Crippen molar-refractivity contribution < 1.29 is 14.4 Å². The van der Waals surface area contributed by atoms with Gasteiger partial charge in [-0.15, -0.1) is 11.6 Å². The molecule has 0 bridgehead atoms. The maximum atomic E-state index is 12.0. The molecule has 1 aromatic rings. The molecule has 0 fully saturated rings. The Balaban J connectivity index is 3.01. The number of carbonyl (C=O) groups excluding carboxylic acids is 1. The number of rotatable bonds is 6. The number of ether oxygens (including phenoxy) is 1. The molecule has 0 radical (unpaired) electrons. The second kappa shape index (κ2) is 7.79. The minimum atomic E-state index is -0.506. The van der Waals surface area contributed by atoms with Gasteiger partial charge in [0, 0.05) is 11.4 Å². The highest BCUT2D eigenvalue weighted by Crippen LogP contribution is 2.14. The van der Waals surface area contributed by atoms with Gasteiger partial charge in [-0.25, -0.2) is 4.79 Å². The van der Waals surface area contributed by atoms with Gasteiger partial charge >= 0.3 is 5.97 Å². The van der Waals surface area contributed by atoms with Crippen LogP contribution in [0.3, 0.4) is 0 Å². The molecular weight excluding hydrogens is 266 g/mol. The lowest BCUT2D eigenvalue weighted by atomic mass is 10.0. The summed E-state index contributed by atoms with van der Waals surface area (Å²) in [4.78, 5) is 16.8. The first-order chi connectivity index (χ1) is 9.10. The largest absolute Gasteiger partial charge is 0.461 e. The number of benzene rings is 1. The fourth-order valence-corrected chi connectivity index (χ4v) is 1.70. The van der Waals surface area contributed by atoms with Crippen LogP contribution in [-0.4, -0.2) is 25.4 Å². The topological polar surface area (TPSA) is 47.9 Å². The van der Waals surface area contributed by atoms with Crippen LogP contribution < -0.4 is 0 Å². The quantitative estimate of drug-likeness (QED) is 0.349. The van der Waals surface area contributed by atoms with Gasteiger partial charge in [-0.3, -0.25) is 0 Å². The lowest BCUT2D eigenvalue weighted by Crippen LogP contribution is -2.22. The third-order valence-corrected chi connectivity index (χ3v) is 2.63. The van der Waals surface area contributed by atoms with E-state index < -0.39 is 5.97 Å². The van der Waals surface area contributed by atoms with Crippen molar-refractivity contribution in [2.75, 3.05) is 13.7 Å². The molecule has 0 aliphatic heterocycles. The Hall–Kier alpha value is -1.55. The minimum absolute atomic E-state index is 0.138. The molecule has 19 heavy (non-hydrogen) atoms. The summed E-state index contributed by atoms with van der Waals surface area (Å²) >= 11 is 5.86. The van der Waals surface area contributed by atoms with Crippen molar-refractivity contribution in [3.8, 4) is 0 Å². The van der Waals surface area contributed by atoms with Crippen molar-refractivity contribution in [3.63, 3.8) is 0 Å². The van der Waals surface area contributed by atoms with Crippen LogP contribution in [0.5, 0.6) is 0 Å². The maximum Gasteiger partial charge on any atom is 0.361 e. The van der Waals surface area contributed by atoms with Gasteiger partial charge in [0.15, 0.2) is 5.71 Å². The third-order valence-electron chi connectivity index (χ3n) is 2.34. The first-order valence-corrected chi connectivity index (χ1v) is 6.56. The van der Waals surface area contributed by atoms with Gasteiger partial charge < -0.3 is 9.57 Å². The fourth-order valence-electron chi connectivity index (χ4n) is 1.47. The smallest absolute Gasteiger partial charge is 0.361 e. The zero-order valence-corrected chi connectivity index (χ0v) is 12.1. The number of alkyl halides is 1. The molecule has 0 N–H and O–H groups in total. The second-order valence-corrected chi connectivity index (χ2v) is 4.67. The molecule has 0 heterocycles. The molecule has 1 aromatic carbocycles. The van der Waals surface area contributed by atoms with Crippen molar-refractivity contribution in [3.05, 3.63) is 35.4 Å². The SMILES string of the molecule is CON=C(C(=O)OCC(C)C)c1ccccc1CCl. The average Bonchev–Trinajstić information content (AvgIpc) is 2.42. The monoisotopic (exact) mass is 283 g/mol. The van der Waals surface area contributed by atoms with E-state index in [2.05, 4.69) is 5.16 Å². The second-order valence-electron chi connectivity index (χ2n) is 4.41. The summed E-state index contributed by atoms with van der Waals surface area (Å²) in [6.07, 6.45) is 0. The van der Waals surface area contributed by atoms with Crippen LogP contribution in [0.2, 0.25) is 0 Å². The van der Waals surface area contributed by atoms with Crippen LogP contribution in [0.1, 0.15) is 25.0 Å². The Kier molecular flexibility index (Phi) is 6.36. The molecule has 104 valence electrons. The maximum absolute atomic E-state index is 12.0. The molecule has 0 atom stereocenters. The number of carbonyl (C=O) groups is 1. The van der Waals surface area contributed by atoms with E-state index in [0.29, 0.717) is 12.2 Å². The Morgan fingerprint density at radius 3 is 2.63 bits per heavy atom. The van der Waals surface area contributed by atoms with Gasteiger partial charge in [0.1, 0.15) is 7.11 Å². The summed E-state index contributed by atoms with van der Waals surface area (Å²) in [5.74, 6) is 0.0419. The summed E-state index contributed by atoms with van der Waals surface area (Å²) in [6, 6.07) is 7.27. The minimum Gasteiger partial charge on any atom is -0.461 e. The molecule has 0 aliphatic rings. The molecule has 0 saturated heterocycles. The van der Waals surface area contributed by atoms with Gasteiger partial charge in [-0.2, -0.15) is 0 Å². The molecule has 0 unspecified atom stereocenters. The summed E-state index contributed by atoms with van der Waals surface area (Å²) in [5, 5.41) is 3.76. The van der Waals surface area contributed by atoms with Crippen molar-refractivity contribution in [2.45, 2.75) is 19.7 Å². The molecule has 0 saturated carbocycles. The number of oxime groups is 1. The highest BCUT2D eigenvalue weighted by molar-refractivity contribution is 6.43. The van der Waals surface area contributed by atoms with Crippen LogP contribution in [0.15, 0.2) is 29.4 Å². The Morgan fingerprint density at radius 2 is 2.05 bits per heavy atom. The summed E-state index contributed by atoms with van der Waals surface area (Å²) < 4.78 is 5.18. The van der Waals surface area contributed by atoms with Crippen LogP contribution in [0.4, 0.5) is 0 Å². The average molecular weight is 284 g/mol. The number of nitrogens with zero attached hydrogens (tertiary/aromatic N) is 1. The van der Waals surface area contributed by atoms with Gasteiger partial charge in [-0.05, 0) is 11.5 Å². The molecule has 5 heteroatoms. The van der Waals surface area contributed by atoms with Gasteiger partial charge in [0.2, 0.25) is 0 Å². The van der Waals surface area contributed by atoms with E-state index in [1.165, 1.54) is 7.11 Å². The Bertz CT molecular complexity index is 458. The van der Waals surface area contributed by atoms with E-state index in [0.717, 1.165) is 5.56 Å². The van der Waals surface area contributed by atoms with Crippen LogP contribution >= 0.6 is 11.6 Å². The molecular formula is C14H18ClNO3. The number of hydrogen-bond acceptors (Lipinski definition) is 4. The number of esters is 1. The van der Waals surface area contributed by atoms with Crippen molar-refractivity contribution in [1.29, 1.82) is 0 Å². The van der Waals surface area contributed by atoms with E-state index >= 15 is 0 Å². The molecule has 0 aliphatic carbocycles. The first-order valence-electron chi connectivity index (χ1n) is 6.02. The van der Waals surface area contributed by atoms with Gasteiger partial charge in [-0.1, -0.05) is 43.3 Å². The van der Waals surface area contributed by atoms with Crippen LogP contribution in [-0.2, 0) is 20.2 Å². The molecule has 0 aromatic heterocycles. The van der Waals surface area contributed by atoms with Crippen molar-refractivity contribution >= 4 is 23.3 Å². The third kappa shape index (κ3) is 4.56. The molecule has 4 nitrogen and oxygen atoms in total. The Labute approximate surface area is 118 Å². The number of halogens is 1.